The van der Waals surface area contributed by atoms with Crippen molar-refractivity contribution in [2.45, 2.75) is 208 Å². The Bertz CT molecular complexity index is 2850. The molecule has 2 aromatic carbocycles. The summed E-state index contributed by atoms with van der Waals surface area (Å²) in [4.78, 5) is 30.2. The summed E-state index contributed by atoms with van der Waals surface area (Å²) in [5.74, 6) is -1.49. The number of aliphatic hydroxyl groups is 3. The summed E-state index contributed by atoms with van der Waals surface area (Å²) >= 11 is 0. The Morgan fingerprint density at radius 3 is 1.96 bits per heavy atom. The number of phenols is 2. The molecule has 2 aliphatic carbocycles. The molecule has 3 aromatic rings. The van der Waals surface area contributed by atoms with E-state index in [-0.39, 0.29) is 70.1 Å². The van der Waals surface area contributed by atoms with Crippen molar-refractivity contribution in [3.8, 4) is 28.4 Å². The molecule has 0 bridgehead atoms. The fraction of sp³-hybridized carbons (Fsp3) is 0.709. The van der Waals surface area contributed by atoms with Gasteiger partial charge in [0.15, 0.2) is 43.3 Å². The van der Waals surface area contributed by atoms with E-state index in [2.05, 4.69) is 0 Å². The average molecular weight is 1100 g/mol. The van der Waals surface area contributed by atoms with Gasteiger partial charge in [-0.2, -0.15) is 0 Å². The van der Waals surface area contributed by atoms with Gasteiger partial charge in [0.1, 0.15) is 52.8 Å². The largest absolute Gasteiger partial charge is 0.506 e. The van der Waals surface area contributed by atoms with Crippen molar-refractivity contribution in [3.05, 3.63) is 49.9 Å². The number of benzene rings is 2. The molecule has 0 spiro atoms. The molecule has 0 saturated carbocycles. The van der Waals surface area contributed by atoms with Crippen molar-refractivity contribution < 1.29 is 101 Å². The van der Waals surface area contributed by atoms with Crippen LogP contribution in [0.5, 0.6) is 17.2 Å². The lowest BCUT2D eigenvalue weighted by atomic mass is 9.77. The Morgan fingerprint density at radius 2 is 1.29 bits per heavy atom. The van der Waals surface area contributed by atoms with E-state index < -0.39 is 140 Å². The van der Waals surface area contributed by atoms with E-state index in [9.17, 15) is 35.1 Å². The van der Waals surface area contributed by atoms with E-state index in [1.54, 1.807) is 33.2 Å². The first-order valence-electron chi connectivity index (χ1n) is 27.2. The molecule has 20 atom stereocenters. The zero-order chi connectivity index (χ0) is 54.8. The lowest BCUT2D eigenvalue weighted by Gasteiger charge is -2.46. The maximum atomic E-state index is 14.6. The van der Waals surface area contributed by atoms with E-state index in [0.29, 0.717) is 68.4 Å². The molecule has 23 nitrogen and oxygen atoms in total. The number of phenolic OH excluding ortho intramolecular Hbond substituents is 2. The molecule has 7 aliphatic heterocycles. The molecule has 78 heavy (non-hydrogen) atoms. The minimum atomic E-state index is -1.55. The third-order valence-corrected chi connectivity index (χ3v) is 17.6. The SMILES string of the molecule is COC1CC(OC2C(C)OC(OC3C(C)OC(OC4CCC(OC5CC(O)c6c(oc7c8c9c(c(O)c7c6=O)-c6c(cc7c(c6O)C(=O)N6CCOC6(C)C7)CC9OCO8)C5O)OC4C)CC3OC)CC2OC)OC(C)C1O. The van der Waals surface area contributed by atoms with Gasteiger partial charge in [0, 0.05) is 89.5 Å². The first kappa shape index (κ1) is 54.5. The van der Waals surface area contributed by atoms with Gasteiger partial charge in [-0.15, -0.1) is 0 Å². The molecule has 428 valence electrons. The fourth-order valence-electron chi connectivity index (χ4n) is 13.6. The molecule has 1 amide bonds. The van der Waals surface area contributed by atoms with Gasteiger partial charge < -0.3 is 101 Å². The zero-order valence-electron chi connectivity index (χ0n) is 44.9. The summed E-state index contributed by atoms with van der Waals surface area (Å²) in [7, 11) is 4.78. The van der Waals surface area contributed by atoms with E-state index >= 15 is 0 Å². The second kappa shape index (κ2) is 21.0. The summed E-state index contributed by atoms with van der Waals surface area (Å²) in [5.41, 5.74) is -0.291. The van der Waals surface area contributed by atoms with E-state index in [0.717, 1.165) is 0 Å². The van der Waals surface area contributed by atoms with Gasteiger partial charge in [0.25, 0.3) is 5.91 Å². The average Bonchev–Trinajstić information content (AvgIpc) is 3.71. The van der Waals surface area contributed by atoms with Crippen LogP contribution in [0.3, 0.4) is 0 Å². The number of hydrogen-bond acceptors (Lipinski definition) is 22. The van der Waals surface area contributed by atoms with Gasteiger partial charge in [-0.3, -0.25) is 9.59 Å². The van der Waals surface area contributed by atoms with Gasteiger partial charge in [-0.05, 0) is 52.2 Å². The highest BCUT2D eigenvalue weighted by Gasteiger charge is 2.51. The molecule has 5 saturated heterocycles. The first-order valence-corrected chi connectivity index (χ1v) is 27.2. The van der Waals surface area contributed by atoms with Gasteiger partial charge in [0.2, 0.25) is 5.43 Å². The minimum absolute atomic E-state index is 0.0572. The normalized spacial score (nSPS) is 40.2. The van der Waals surface area contributed by atoms with Gasteiger partial charge in [0.05, 0.1) is 84.9 Å². The Hall–Kier alpha value is -4.12. The zero-order valence-corrected chi connectivity index (χ0v) is 44.9. The van der Waals surface area contributed by atoms with Gasteiger partial charge in [-0.1, -0.05) is 6.07 Å². The Labute approximate surface area is 449 Å². The Kier molecular flexibility index (Phi) is 14.7. The second-order valence-corrected chi connectivity index (χ2v) is 22.4. The number of methoxy groups -OCH3 is 3. The molecule has 5 fully saturated rings. The van der Waals surface area contributed by atoms with Gasteiger partial charge in [-0.25, -0.2) is 0 Å². The Morgan fingerprint density at radius 1 is 0.667 bits per heavy atom. The number of ether oxygens (including phenoxy) is 14. The number of carbonyl (C=O) groups excluding carboxylic acids is 1. The number of amides is 1. The number of rotatable bonds is 11. The van der Waals surface area contributed by atoms with E-state index in [1.807, 2.05) is 33.8 Å². The van der Waals surface area contributed by atoms with Crippen molar-refractivity contribution >= 4 is 16.9 Å². The fourth-order valence-corrected chi connectivity index (χ4v) is 13.6. The van der Waals surface area contributed by atoms with Crippen LogP contribution in [-0.2, 0) is 74.4 Å². The lowest BCUT2D eigenvalue weighted by Crippen LogP contribution is -2.57. The summed E-state index contributed by atoms with van der Waals surface area (Å²) in [6.45, 7) is 9.71. The topological polar surface area (TPSA) is 281 Å². The molecule has 8 heterocycles. The molecule has 23 heteroatoms. The quantitative estimate of drug-likeness (QED) is 0.182. The van der Waals surface area contributed by atoms with Crippen molar-refractivity contribution in [1.29, 1.82) is 0 Å². The smallest absolute Gasteiger partial charge is 0.260 e. The lowest BCUT2D eigenvalue weighted by molar-refractivity contribution is -0.342. The molecule has 1 aromatic heterocycles. The van der Waals surface area contributed by atoms with Crippen LogP contribution in [0.2, 0.25) is 0 Å². The molecule has 12 rings (SSSR count). The number of fused-ring (bicyclic) bond motifs is 7. The van der Waals surface area contributed by atoms with E-state index in [4.69, 9.17) is 70.7 Å². The van der Waals surface area contributed by atoms with Crippen LogP contribution in [0.1, 0.15) is 130 Å². The molecule has 5 N–H and O–H groups in total. The number of carbonyl (C=O) groups is 1. The van der Waals surface area contributed by atoms with Crippen molar-refractivity contribution in [3.63, 3.8) is 0 Å². The van der Waals surface area contributed by atoms with Crippen molar-refractivity contribution in [2.24, 2.45) is 0 Å². The highest BCUT2D eigenvalue weighted by molar-refractivity contribution is 6.06. The van der Waals surface area contributed by atoms with Crippen LogP contribution < -0.4 is 10.2 Å². The van der Waals surface area contributed by atoms with Crippen LogP contribution in [0.15, 0.2) is 15.3 Å². The van der Waals surface area contributed by atoms with Crippen LogP contribution in [0.4, 0.5) is 0 Å². The van der Waals surface area contributed by atoms with Crippen LogP contribution in [0, 0.1) is 0 Å². The molecule has 9 aliphatic rings. The van der Waals surface area contributed by atoms with E-state index in [1.165, 1.54) is 0 Å². The summed E-state index contributed by atoms with van der Waals surface area (Å²) < 4.78 is 92.6. The summed E-state index contributed by atoms with van der Waals surface area (Å²) in [5, 5.41) is 57.9. The van der Waals surface area contributed by atoms with Crippen LogP contribution in [0.25, 0.3) is 22.1 Å². The summed E-state index contributed by atoms with van der Waals surface area (Å²) in [6, 6.07) is 1.83. The molecule has 0 radical (unpaired) electrons. The first-order chi connectivity index (χ1) is 37.4. The van der Waals surface area contributed by atoms with Crippen molar-refractivity contribution in [1.82, 2.24) is 4.90 Å². The maximum absolute atomic E-state index is 14.6. The van der Waals surface area contributed by atoms with Crippen LogP contribution >= 0.6 is 0 Å². The molecular weight excluding hydrogens is 1030 g/mol. The molecule has 20 unspecified atom stereocenters. The highest BCUT2D eigenvalue weighted by atomic mass is 16.8. The summed E-state index contributed by atoms with van der Waals surface area (Å²) in [6.07, 6.45) is -10.7. The van der Waals surface area contributed by atoms with Crippen molar-refractivity contribution in [2.75, 3.05) is 41.3 Å². The Balaban J connectivity index is 0.700. The maximum Gasteiger partial charge on any atom is 0.260 e. The molecular formula is C55H71NO22. The number of aromatic hydroxyl groups is 2. The third kappa shape index (κ3) is 9.13. The van der Waals surface area contributed by atoms with Gasteiger partial charge >= 0.3 is 0 Å². The third-order valence-electron chi connectivity index (χ3n) is 17.6. The standard InChI is InChI=1S/C55H71NO22/c1-21-28(74-35-17-32(65-7)49(23(3)72-35)77-37-18-33(66-8)50(24(4)73-37)76-36-16-30(64-6)44(58)22(2)71-36)9-10-34(70-21)75-31-15-27(57)40-47(61)43-48(62)42-38-25(13-26-19-55(5)56(11-12-69-55)54(63)39(26)46(38)60)14-29-41(42)52(68-20-67-29)53(43)78-51(40)45(31)59/h13,21-24,27-37,44-45,49-50,57-60,62H,9-12,14-20H2,1-8H3. The second-order valence-electron chi connectivity index (χ2n) is 22.4. The minimum Gasteiger partial charge on any atom is -0.506 e. The number of nitrogens with zero attached hydrogens (tertiary/aromatic N) is 1. The monoisotopic (exact) mass is 1100 g/mol. The predicted octanol–water partition coefficient (Wildman–Crippen LogP) is 3.93. The highest BCUT2D eigenvalue weighted by Crippen LogP contribution is 2.58. The number of hydrogen-bond donors (Lipinski definition) is 5. The number of aliphatic hydroxyl groups excluding tert-OH is 3. The van der Waals surface area contributed by atoms with Crippen LogP contribution in [-0.4, -0.2) is 182 Å². The predicted molar refractivity (Wildman–Crippen MR) is 266 cm³/mol.